The number of rotatable bonds is 10. The second kappa shape index (κ2) is 12.4. The Balaban J connectivity index is 0.000000604. The summed E-state index contributed by atoms with van der Waals surface area (Å²) in [6, 6.07) is 0. The Kier molecular flexibility index (Phi) is 12.2. The summed E-state index contributed by atoms with van der Waals surface area (Å²) in [6.45, 7) is 2.21. The number of Topliss-reactive ketones (excluding diaryl/α,β-unsaturated/α-hetero) is 1. The van der Waals surface area contributed by atoms with Crippen LogP contribution in [-0.2, 0) is 25.8 Å². The van der Waals surface area contributed by atoms with E-state index in [0.29, 0.717) is 16.7 Å². The van der Waals surface area contributed by atoms with Gasteiger partial charge in [0.2, 0.25) is 0 Å². The predicted molar refractivity (Wildman–Crippen MR) is 104 cm³/mol. The van der Waals surface area contributed by atoms with Gasteiger partial charge in [0.05, 0.1) is 0 Å². The van der Waals surface area contributed by atoms with Crippen LogP contribution in [-0.4, -0.2) is 70.8 Å². The van der Waals surface area contributed by atoms with Crippen molar-refractivity contribution in [3.8, 4) is 0 Å². The molecule has 0 unspecified atom stereocenters. The maximum atomic E-state index is 12.2. The molecule has 32 heavy (non-hydrogen) atoms. The fraction of sp³-hybridized carbons (Fsp3) is 0.938. The molecule has 1 aliphatic heterocycles. The first-order chi connectivity index (χ1) is 14.3. The van der Waals surface area contributed by atoms with E-state index in [-0.39, 0.29) is 0 Å². The lowest BCUT2D eigenvalue weighted by Gasteiger charge is -2.34. The Morgan fingerprint density at radius 2 is 1.41 bits per heavy atom. The highest BCUT2D eigenvalue weighted by Crippen LogP contribution is 2.54. The Morgan fingerprint density at radius 3 is 1.81 bits per heavy atom. The molecule has 0 aromatic carbocycles. The Hall–Kier alpha value is -0.350. The van der Waals surface area contributed by atoms with Gasteiger partial charge in [-0.15, -0.1) is 0 Å². The third kappa shape index (κ3) is 8.46. The Bertz CT molecular complexity index is 691. The number of alkyl halides is 9. The topological polar surface area (TPSA) is 74.3 Å². The van der Waals surface area contributed by atoms with Crippen LogP contribution in [0.4, 0.5) is 39.5 Å². The van der Waals surface area contributed by atoms with E-state index in [2.05, 4.69) is 6.92 Å². The van der Waals surface area contributed by atoms with Crippen molar-refractivity contribution in [1.29, 1.82) is 0 Å². The fourth-order valence-electron chi connectivity index (χ4n) is 2.27. The molecule has 0 saturated carbocycles. The van der Waals surface area contributed by atoms with Gasteiger partial charge in [-0.05, 0) is 17.3 Å². The molecule has 0 N–H and O–H groups in total. The van der Waals surface area contributed by atoms with E-state index >= 15 is 0 Å². The molecular formula is C16H23F9O4S3. The van der Waals surface area contributed by atoms with E-state index in [1.807, 2.05) is 11.8 Å². The molecule has 0 bridgehead atoms. The van der Waals surface area contributed by atoms with Crippen molar-refractivity contribution >= 4 is 38.6 Å². The van der Waals surface area contributed by atoms with Crippen molar-refractivity contribution in [3.63, 3.8) is 0 Å². The molecule has 0 aromatic rings. The minimum Gasteiger partial charge on any atom is -0.743 e. The van der Waals surface area contributed by atoms with Crippen molar-refractivity contribution in [2.45, 2.75) is 62.3 Å². The van der Waals surface area contributed by atoms with E-state index < -0.39 is 33.4 Å². The highest BCUT2D eigenvalue weighted by Gasteiger charge is 2.83. The molecule has 4 nitrogen and oxygen atoms in total. The average molecular weight is 547 g/mol. The fourth-order valence-corrected chi connectivity index (χ4v) is 6.84. The van der Waals surface area contributed by atoms with Crippen LogP contribution in [0, 0.1) is 0 Å². The third-order valence-electron chi connectivity index (χ3n) is 4.14. The van der Waals surface area contributed by atoms with Crippen LogP contribution in [0.15, 0.2) is 0 Å². The second-order valence-corrected chi connectivity index (χ2v) is 11.7. The SMILES string of the molecule is CCCCCCC(=O)C[S+]1CCSCC1.O=S(=O)([O-])C(F)(F)C(F)(F)C(F)(F)C(F)(F)F. The lowest BCUT2D eigenvalue weighted by molar-refractivity contribution is -0.382. The second-order valence-electron chi connectivity index (χ2n) is 6.74. The molecule has 16 heteroatoms. The van der Waals surface area contributed by atoms with Crippen LogP contribution in [0.3, 0.4) is 0 Å². The number of carbonyl (C=O) groups excluding carboxylic acids is 1. The third-order valence-corrected chi connectivity index (χ3v) is 8.82. The van der Waals surface area contributed by atoms with Gasteiger partial charge in [-0.1, -0.05) is 26.2 Å². The number of halogens is 9. The van der Waals surface area contributed by atoms with E-state index in [1.54, 1.807) is 0 Å². The molecule has 1 rings (SSSR count). The molecule has 1 aliphatic rings. The molecule has 1 fully saturated rings. The number of hydrogen-bond acceptors (Lipinski definition) is 5. The summed E-state index contributed by atoms with van der Waals surface area (Å²) in [5.41, 5.74) is 0. The number of thioether (sulfide) groups is 1. The summed E-state index contributed by atoms with van der Waals surface area (Å²) in [5.74, 6) is -8.23. The van der Waals surface area contributed by atoms with Gasteiger partial charge in [0, 0.05) is 17.9 Å². The summed E-state index contributed by atoms with van der Waals surface area (Å²) in [4.78, 5) is 11.7. The van der Waals surface area contributed by atoms with Crippen LogP contribution >= 0.6 is 11.8 Å². The molecule has 0 aromatic heterocycles. The standard InChI is InChI=1S/C12H23OS2.C4HF9O3S/c1-2-3-4-5-6-12(13)11-15-9-7-14-8-10-15;5-1(6,3(9,10)11)2(7,8)4(12,13)17(14,15)16/h2-11H2,1H3;(H,14,15,16)/q+1;/p-1. The van der Waals surface area contributed by atoms with Gasteiger partial charge in [-0.3, -0.25) is 4.79 Å². The predicted octanol–water partition coefficient (Wildman–Crippen LogP) is 4.85. The maximum Gasteiger partial charge on any atom is 0.460 e. The summed E-state index contributed by atoms with van der Waals surface area (Å²) in [5, 5.41) is -7.11. The molecule has 0 spiro atoms. The minimum absolute atomic E-state index is 0.448. The highest BCUT2D eigenvalue weighted by atomic mass is 32.2. The van der Waals surface area contributed by atoms with Crippen molar-refractivity contribution in [2.75, 3.05) is 28.8 Å². The molecule has 0 atom stereocenters. The van der Waals surface area contributed by atoms with Crippen LogP contribution in [0.2, 0.25) is 0 Å². The molecule has 0 radical (unpaired) electrons. The van der Waals surface area contributed by atoms with Gasteiger partial charge >= 0.3 is 23.3 Å². The first-order valence-corrected chi connectivity index (χ1v) is 13.5. The lowest BCUT2D eigenvalue weighted by Crippen LogP contribution is -2.63. The molecule has 0 amide bonds. The van der Waals surface area contributed by atoms with Gasteiger partial charge in [0.15, 0.2) is 21.7 Å². The van der Waals surface area contributed by atoms with Gasteiger partial charge < -0.3 is 4.55 Å². The molecule has 0 aliphatic carbocycles. The summed E-state index contributed by atoms with van der Waals surface area (Å²) in [6.07, 6.45) is -1.41. The van der Waals surface area contributed by atoms with Gasteiger partial charge in [-0.25, -0.2) is 8.42 Å². The van der Waals surface area contributed by atoms with E-state index in [9.17, 15) is 57.3 Å². The van der Waals surface area contributed by atoms with E-state index in [0.717, 1.165) is 18.6 Å². The monoisotopic (exact) mass is 546 g/mol. The summed E-state index contributed by atoms with van der Waals surface area (Å²) < 4.78 is 135. The van der Waals surface area contributed by atoms with Crippen LogP contribution in [0.5, 0.6) is 0 Å². The van der Waals surface area contributed by atoms with Gasteiger partial charge in [0.25, 0.3) is 0 Å². The van der Waals surface area contributed by atoms with Crippen LogP contribution < -0.4 is 0 Å². The highest BCUT2D eigenvalue weighted by molar-refractivity contribution is 8.05. The van der Waals surface area contributed by atoms with Gasteiger partial charge in [0.1, 0.15) is 11.5 Å². The van der Waals surface area contributed by atoms with Crippen molar-refractivity contribution in [2.24, 2.45) is 0 Å². The maximum absolute atomic E-state index is 12.2. The smallest absolute Gasteiger partial charge is 0.460 e. The van der Waals surface area contributed by atoms with E-state index in [1.165, 1.54) is 42.3 Å². The summed E-state index contributed by atoms with van der Waals surface area (Å²) >= 11 is 2.05. The normalized spacial score (nSPS) is 17.0. The Labute approximate surface area is 187 Å². The molecule has 1 saturated heterocycles. The van der Waals surface area contributed by atoms with Crippen molar-refractivity contribution < 1.29 is 57.3 Å². The van der Waals surface area contributed by atoms with Crippen LogP contribution in [0.1, 0.15) is 39.0 Å². The molecular weight excluding hydrogens is 523 g/mol. The summed E-state index contributed by atoms with van der Waals surface area (Å²) in [7, 11) is -6.97. The average Bonchev–Trinajstić information content (AvgIpc) is 2.64. The number of carbonyl (C=O) groups is 1. The zero-order valence-electron chi connectivity index (χ0n) is 16.8. The zero-order chi connectivity index (χ0) is 25.4. The number of hydrogen-bond donors (Lipinski definition) is 0. The molecule has 192 valence electrons. The van der Waals surface area contributed by atoms with Crippen molar-refractivity contribution in [3.05, 3.63) is 0 Å². The number of ketones is 1. The number of unbranched alkanes of at least 4 members (excludes halogenated alkanes) is 3. The largest absolute Gasteiger partial charge is 0.743 e. The first kappa shape index (κ1) is 31.6. The minimum atomic E-state index is -7.43. The van der Waals surface area contributed by atoms with Crippen molar-refractivity contribution in [1.82, 2.24) is 0 Å². The lowest BCUT2D eigenvalue weighted by atomic mass is 10.1. The Morgan fingerprint density at radius 1 is 0.906 bits per heavy atom. The van der Waals surface area contributed by atoms with Gasteiger partial charge in [-0.2, -0.15) is 51.3 Å². The zero-order valence-corrected chi connectivity index (χ0v) is 19.3. The first-order valence-electron chi connectivity index (χ1n) is 9.22. The van der Waals surface area contributed by atoms with Crippen LogP contribution in [0.25, 0.3) is 0 Å². The van der Waals surface area contributed by atoms with E-state index in [4.69, 9.17) is 0 Å². The molecule has 1 heterocycles. The quantitative estimate of drug-likeness (QED) is 0.170.